The van der Waals surface area contributed by atoms with E-state index < -0.39 is 0 Å². The van der Waals surface area contributed by atoms with Crippen LogP contribution in [0.15, 0.2) is 11.2 Å². The predicted molar refractivity (Wildman–Crippen MR) is 81.8 cm³/mol. The van der Waals surface area contributed by atoms with Crippen LogP contribution in [-0.2, 0) is 11.3 Å². The number of aromatic amines is 1. The highest BCUT2D eigenvalue weighted by molar-refractivity contribution is 7.99. The second kappa shape index (κ2) is 7.21. The first-order chi connectivity index (χ1) is 10.5. The summed E-state index contributed by atoms with van der Waals surface area (Å²) in [5, 5.41) is 18.0. The summed E-state index contributed by atoms with van der Waals surface area (Å²) in [5.41, 5.74) is 1.96. The first-order valence-electron chi connectivity index (χ1n) is 6.79. The number of H-pyrrole nitrogens is 1. The largest absolute Gasteiger partial charge is 0.354 e. The molecule has 0 bridgehead atoms. The highest BCUT2D eigenvalue weighted by Gasteiger charge is 2.16. The number of aryl methyl sites for hydroxylation is 1. The van der Waals surface area contributed by atoms with Gasteiger partial charge in [0.15, 0.2) is 5.78 Å². The Bertz CT molecular complexity index is 664. The van der Waals surface area contributed by atoms with E-state index in [2.05, 4.69) is 25.8 Å². The van der Waals surface area contributed by atoms with Crippen molar-refractivity contribution in [2.45, 2.75) is 32.3 Å². The Balaban J connectivity index is 1.82. The van der Waals surface area contributed by atoms with Crippen molar-refractivity contribution in [2.75, 3.05) is 12.3 Å². The Morgan fingerprint density at radius 2 is 2.18 bits per heavy atom. The summed E-state index contributed by atoms with van der Waals surface area (Å²) in [6, 6.07) is 0. The lowest BCUT2D eigenvalue weighted by atomic mass is 10.1. The van der Waals surface area contributed by atoms with Gasteiger partial charge in [0.05, 0.1) is 17.5 Å². The minimum atomic E-state index is -0.138. The first-order valence-corrected chi connectivity index (χ1v) is 7.77. The van der Waals surface area contributed by atoms with Crippen molar-refractivity contribution in [3.05, 3.63) is 23.1 Å². The zero-order chi connectivity index (χ0) is 16.1. The Kier molecular flexibility index (Phi) is 5.31. The van der Waals surface area contributed by atoms with Crippen LogP contribution in [0.25, 0.3) is 0 Å². The lowest BCUT2D eigenvalue weighted by Gasteiger charge is -2.06. The van der Waals surface area contributed by atoms with E-state index in [0.717, 1.165) is 10.7 Å². The van der Waals surface area contributed by atoms with Crippen LogP contribution < -0.4 is 5.32 Å². The second-order valence-corrected chi connectivity index (χ2v) is 5.88. The molecule has 0 atom stereocenters. The monoisotopic (exact) mass is 322 g/mol. The van der Waals surface area contributed by atoms with E-state index in [0.29, 0.717) is 23.6 Å². The molecule has 118 valence electrons. The molecule has 2 aromatic heterocycles. The quantitative estimate of drug-likeness (QED) is 0.442. The molecule has 0 radical (unpaired) electrons. The zero-order valence-electron chi connectivity index (χ0n) is 12.7. The minimum Gasteiger partial charge on any atom is -0.354 e. The molecule has 2 heterocycles. The molecule has 22 heavy (non-hydrogen) atoms. The first kappa shape index (κ1) is 16.2. The number of Topliss-reactive ketones (excluding diaryl/α,β-unsaturated/α-hetero) is 1. The van der Waals surface area contributed by atoms with Gasteiger partial charge in [-0.25, -0.2) is 0 Å². The third kappa shape index (κ3) is 3.94. The van der Waals surface area contributed by atoms with E-state index in [1.165, 1.54) is 18.7 Å². The van der Waals surface area contributed by atoms with Crippen LogP contribution in [-0.4, -0.2) is 49.2 Å². The number of nitrogens with one attached hydrogen (secondary N) is 2. The van der Waals surface area contributed by atoms with Gasteiger partial charge in [-0.2, -0.15) is 15.4 Å². The molecule has 0 spiro atoms. The van der Waals surface area contributed by atoms with Gasteiger partial charge in [-0.05, 0) is 20.8 Å². The van der Waals surface area contributed by atoms with Crippen molar-refractivity contribution < 1.29 is 9.59 Å². The average molecular weight is 322 g/mol. The Morgan fingerprint density at radius 1 is 1.41 bits per heavy atom. The maximum Gasteiger partial charge on any atom is 0.241 e. The molecule has 0 saturated heterocycles. The number of hydrogen-bond donors (Lipinski definition) is 2. The highest BCUT2D eigenvalue weighted by Crippen LogP contribution is 2.13. The molecule has 2 rings (SSSR count). The van der Waals surface area contributed by atoms with Crippen molar-refractivity contribution in [2.24, 2.45) is 0 Å². The number of carbonyl (C=O) groups is 2. The molecule has 0 saturated carbocycles. The van der Waals surface area contributed by atoms with E-state index in [-0.39, 0.29) is 18.2 Å². The second-order valence-electron chi connectivity index (χ2n) is 4.77. The molecular formula is C13H18N6O2S. The van der Waals surface area contributed by atoms with E-state index in [9.17, 15) is 9.59 Å². The average Bonchev–Trinajstić information content (AvgIpc) is 3.04. The van der Waals surface area contributed by atoms with Gasteiger partial charge < -0.3 is 5.32 Å². The van der Waals surface area contributed by atoms with Crippen molar-refractivity contribution in [1.29, 1.82) is 0 Å². The van der Waals surface area contributed by atoms with Crippen LogP contribution in [0.4, 0.5) is 0 Å². The van der Waals surface area contributed by atoms with Gasteiger partial charge in [-0.15, -0.1) is 16.9 Å². The van der Waals surface area contributed by atoms with Crippen molar-refractivity contribution in [1.82, 2.24) is 30.5 Å². The van der Waals surface area contributed by atoms with Gasteiger partial charge in [0.25, 0.3) is 0 Å². The number of hydrogen-bond acceptors (Lipinski definition) is 6. The maximum atomic E-state index is 11.9. The van der Waals surface area contributed by atoms with Crippen molar-refractivity contribution in [3.63, 3.8) is 0 Å². The smallest absolute Gasteiger partial charge is 0.241 e. The fourth-order valence-electron chi connectivity index (χ4n) is 2.16. The molecule has 2 aromatic rings. The lowest BCUT2D eigenvalue weighted by Crippen LogP contribution is -2.30. The summed E-state index contributed by atoms with van der Waals surface area (Å²) in [4.78, 5) is 23.5. The SMILES string of the molecule is CC(=O)c1c(C)nn(CC(=O)NCCSc2cn[nH]n2)c1C. The van der Waals surface area contributed by atoms with Crippen LogP contribution in [0.1, 0.15) is 28.7 Å². The zero-order valence-corrected chi connectivity index (χ0v) is 13.5. The Morgan fingerprint density at radius 3 is 2.77 bits per heavy atom. The predicted octanol–water partition coefficient (Wildman–Crippen LogP) is 0.729. The normalized spacial score (nSPS) is 10.7. The molecule has 0 aliphatic carbocycles. The molecule has 0 fully saturated rings. The summed E-state index contributed by atoms with van der Waals surface area (Å²) in [5.74, 6) is 0.529. The van der Waals surface area contributed by atoms with Crippen LogP contribution in [0.3, 0.4) is 0 Å². The molecular weight excluding hydrogens is 304 g/mol. The summed E-state index contributed by atoms with van der Waals surface area (Å²) in [6.45, 7) is 5.70. The molecule has 9 heteroatoms. The van der Waals surface area contributed by atoms with E-state index in [1.54, 1.807) is 24.7 Å². The van der Waals surface area contributed by atoms with Crippen molar-refractivity contribution >= 4 is 23.5 Å². The number of nitrogens with zero attached hydrogens (tertiary/aromatic N) is 4. The number of aromatic nitrogens is 5. The number of thioether (sulfide) groups is 1. The fraction of sp³-hybridized carbons (Fsp3) is 0.462. The summed E-state index contributed by atoms with van der Waals surface area (Å²) in [7, 11) is 0. The lowest BCUT2D eigenvalue weighted by molar-refractivity contribution is -0.121. The molecule has 0 aliphatic rings. The fourth-order valence-corrected chi connectivity index (χ4v) is 2.80. The molecule has 1 amide bonds. The van der Waals surface area contributed by atoms with Crippen LogP contribution in [0, 0.1) is 13.8 Å². The van der Waals surface area contributed by atoms with Crippen LogP contribution in [0.5, 0.6) is 0 Å². The number of ketones is 1. The van der Waals surface area contributed by atoms with Gasteiger partial charge in [-0.1, -0.05) is 0 Å². The topological polar surface area (TPSA) is 106 Å². The molecule has 2 N–H and O–H groups in total. The number of carbonyl (C=O) groups excluding carboxylic acids is 2. The van der Waals surface area contributed by atoms with E-state index in [4.69, 9.17) is 0 Å². The minimum absolute atomic E-state index is 0.0364. The maximum absolute atomic E-state index is 11.9. The van der Waals surface area contributed by atoms with Crippen molar-refractivity contribution in [3.8, 4) is 0 Å². The van der Waals surface area contributed by atoms with Gasteiger partial charge in [0.2, 0.25) is 5.91 Å². The third-order valence-corrected chi connectivity index (χ3v) is 3.99. The Hall–Kier alpha value is -2.16. The molecule has 0 aliphatic heterocycles. The highest BCUT2D eigenvalue weighted by atomic mass is 32.2. The van der Waals surface area contributed by atoms with Gasteiger partial charge in [0.1, 0.15) is 11.6 Å². The van der Waals surface area contributed by atoms with E-state index >= 15 is 0 Å². The van der Waals surface area contributed by atoms with Crippen LogP contribution >= 0.6 is 11.8 Å². The molecule has 0 unspecified atom stereocenters. The standard InChI is InChI=1S/C13H18N6O2S/c1-8-13(10(3)20)9(2)19(17-8)7-11(21)14-4-5-22-12-6-15-18-16-12/h6H,4-5,7H2,1-3H3,(H,14,21)(H,15,16,18). The van der Waals surface area contributed by atoms with Crippen LogP contribution in [0.2, 0.25) is 0 Å². The van der Waals surface area contributed by atoms with Gasteiger partial charge in [-0.3, -0.25) is 14.3 Å². The van der Waals surface area contributed by atoms with E-state index in [1.807, 2.05) is 0 Å². The number of rotatable bonds is 7. The third-order valence-electron chi connectivity index (χ3n) is 3.09. The van der Waals surface area contributed by atoms with Gasteiger partial charge in [0, 0.05) is 18.0 Å². The molecule has 0 aromatic carbocycles. The summed E-state index contributed by atoms with van der Waals surface area (Å²) < 4.78 is 1.56. The summed E-state index contributed by atoms with van der Waals surface area (Å²) >= 11 is 1.50. The van der Waals surface area contributed by atoms with Gasteiger partial charge >= 0.3 is 0 Å². The molecule has 8 nitrogen and oxygen atoms in total. The number of amides is 1. The summed E-state index contributed by atoms with van der Waals surface area (Å²) in [6.07, 6.45) is 1.63. The Labute approximate surface area is 132 Å².